The average Bonchev–Trinajstić information content (AvgIpc) is 2.58. The largest absolute Gasteiger partial charge is 0.374 e. The highest BCUT2D eigenvalue weighted by atomic mass is 16.5. The van der Waals surface area contributed by atoms with Gasteiger partial charge in [-0.2, -0.15) is 0 Å². The number of rotatable bonds is 8. The Bertz CT molecular complexity index is 532. The van der Waals surface area contributed by atoms with Crippen molar-refractivity contribution in [3.63, 3.8) is 0 Å². The van der Waals surface area contributed by atoms with Crippen LogP contribution in [0.15, 0.2) is 30.3 Å². The van der Waals surface area contributed by atoms with Crippen LogP contribution in [0, 0.1) is 23.2 Å². The van der Waals surface area contributed by atoms with E-state index in [4.69, 9.17) is 4.74 Å². The van der Waals surface area contributed by atoms with Crippen molar-refractivity contribution >= 4 is 5.78 Å². The molecule has 25 heavy (non-hydrogen) atoms. The van der Waals surface area contributed by atoms with Gasteiger partial charge in [0.05, 0.1) is 6.10 Å². The summed E-state index contributed by atoms with van der Waals surface area (Å²) in [7, 11) is 0. The highest BCUT2D eigenvalue weighted by molar-refractivity contribution is 5.81. The molecule has 140 valence electrons. The van der Waals surface area contributed by atoms with Crippen molar-refractivity contribution in [1.29, 1.82) is 0 Å². The summed E-state index contributed by atoms with van der Waals surface area (Å²) < 4.78 is 5.93. The van der Waals surface area contributed by atoms with E-state index in [1.54, 1.807) is 0 Å². The molecule has 2 rings (SSSR count). The van der Waals surface area contributed by atoms with Crippen molar-refractivity contribution < 1.29 is 9.53 Å². The maximum Gasteiger partial charge on any atom is 0.136 e. The summed E-state index contributed by atoms with van der Waals surface area (Å²) in [6, 6.07) is 10.3. The number of hydrogen-bond acceptors (Lipinski definition) is 2. The Hall–Kier alpha value is -1.15. The van der Waals surface area contributed by atoms with Gasteiger partial charge in [-0.15, -0.1) is 0 Å². The molecule has 1 fully saturated rings. The molecule has 0 N–H and O–H groups in total. The van der Waals surface area contributed by atoms with E-state index in [1.807, 2.05) is 25.1 Å². The molecule has 0 amide bonds. The normalized spacial score (nSPS) is 24.2. The number of carbonyl (C=O) groups excluding carboxylic acids is 1. The second kappa shape index (κ2) is 8.98. The maximum absolute atomic E-state index is 13.1. The molecule has 1 aromatic carbocycles. The Morgan fingerprint density at radius 3 is 2.52 bits per heavy atom. The number of ether oxygens (including phenoxy) is 1. The summed E-state index contributed by atoms with van der Waals surface area (Å²) in [4.78, 5) is 13.1. The Labute approximate surface area is 154 Å². The summed E-state index contributed by atoms with van der Waals surface area (Å²) >= 11 is 0. The molecule has 1 aromatic rings. The molecule has 3 atom stereocenters. The Morgan fingerprint density at radius 2 is 1.92 bits per heavy atom. The summed E-state index contributed by atoms with van der Waals surface area (Å²) in [5.41, 5.74) is 1.48. The monoisotopic (exact) mass is 344 g/mol. The first-order chi connectivity index (χ1) is 11.8. The van der Waals surface area contributed by atoms with E-state index < -0.39 is 0 Å². The molecule has 0 saturated heterocycles. The molecule has 2 heteroatoms. The van der Waals surface area contributed by atoms with Gasteiger partial charge < -0.3 is 4.74 Å². The quantitative estimate of drug-likeness (QED) is 0.560. The molecule has 0 aliphatic heterocycles. The lowest BCUT2D eigenvalue weighted by Gasteiger charge is -2.42. The Balaban J connectivity index is 2.03. The zero-order chi connectivity index (χ0) is 18.4. The van der Waals surface area contributed by atoms with Gasteiger partial charge in [0.15, 0.2) is 0 Å². The lowest BCUT2D eigenvalue weighted by molar-refractivity contribution is -0.129. The molecular formula is C23H36O2. The topological polar surface area (TPSA) is 26.3 Å². The second-order valence-electron chi connectivity index (χ2n) is 8.78. The van der Waals surface area contributed by atoms with Crippen LogP contribution in [0.5, 0.6) is 0 Å². The van der Waals surface area contributed by atoms with Crippen LogP contribution >= 0.6 is 0 Å². The highest BCUT2D eigenvalue weighted by Crippen LogP contribution is 2.45. The zero-order valence-electron chi connectivity index (χ0n) is 16.8. The summed E-state index contributed by atoms with van der Waals surface area (Å²) in [6.45, 7) is 11.9. The fourth-order valence-corrected chi connectivity index (χ4v) is 4.43. The number of hydrogen-bond donors (Lipinski definition) is 0. The van der Waals surface area contributed by atoms with Crippen molar-refractivity contribution in [2.24, 2.45) is 23.2 Å². The molecule has 2 nitrogen and oxygen atoms in total. The Kier molecular flexibility index (Phi) is 7.25. The number of ketones is 1. The van der Waals surface area contributed by atoms with Crippen LogP contribution in [0.4, 0.5) is 0 Å². The van der Waals surface area contributed by atoms with Crippen molar-refractivity contribution in [3.8, 4) is 0 Å². The Morgan fingerprint density at radius 1 is 1.24 bits per heavy atom. The van der Waals surface area contributed by atoms with Crippen LogP contribution < -0.4 is 0 Å². The maximum atomic E-state index is 13.1. The van der Waals surface area contributed by atoms with Crippen LogP contribution in [-0.2, 0) is 9.53 Å². The van der Waals surface area contributed by atoms with Gasteiger partial charge in [0.2, 0.25) is 0 Å². The van der Waals surface area contributed by atoms with E-state index in [2.05, 4.69) is 39.8 Å². The van der Waals surface area contributed by atoms with Crippen molar-refractivity contribution in [2.75, 3.05) is 6.61 Å². The minimum atomic E-state index is 0.0317. The fraction of sp³-hybridized carbons (Fsp3) is 0.696. The molecule has 3 unspecified atom stereocenters. The molecule has 0 radical (unpaired) electrons. The van der Waals surface area contributed by atoms with Crippen molar-refractivity contribution in [2.45, 2.75) is 72.8 Å². The minimum Gasteiger partial charge on any atom is -0.374 e. The first-order valence-corrected chi connectivity index (χ1v) is 10.0. The third kappa shape index (κ3) is 5.67. The predicted octanol–water partition coefficient (Wildman–Crippen LogP) is 6.21. The summed E-state index contributed by atoms with van der Waals surface area (Å²) in [5, 5.41) is 0. The molecular weight excluding hydrogens is 308 g/mol. The van der Waals surface area contributed by atoms with Crippen LogP contribution in [0.1, 0.15) is 78.4 Å². The SMILES string of the molecule is CCOC(CCC(=O)C1CC(C)(C)CCC1C(C)C)c1ccccc1. The van der Waals surface area contributed by atoms with E-state index in [0.29, 0.717) is 36.1 Å². The van der Waals surface area contributed by atoms with Gasteiger partial charge in [-0.3, -0.25) is 4.79 Å². The van der Waals surface area contributed by atoms with Gasteiger partial charge in [0.25, 0.3) is 0 Å². The smallest absolute Gasteiger partial charge is 0.136 e. The molecule has 0 aromatic heterocycles. The van der Waals surface area contributed by atoms with E-state index in [9.17, 15) is 4.79 Å². The van der Waals surface area contributed by atoms with Crippen molar-refractivity contribution in [3.05, 3.63) is 35.9 Å². The second-order valence-corrected chi connectivity index (χ2v) is 8.78. The number of benzene rings is 1. The van der Waals surface area contributed by atoms with Gasteiger partial charge >= 0.3 is 0 Å². The first kappa shape index (κ1) is 20.2. The van der Waals surface area contributed by atoms with Crippen LogP contribution in [0.25, 0.3) is 0 Å². The number of carbonyl (C=O) groups is 1. The van der Waals surface area contributed by atoms with Gasteiger partial charge in [-0.1, -0.05) is 58.0 Å². The molecule has 1 saturated carbocycles. The van der Waals surface area contributed by atoms with Crippen LogP contribution in [0.2, 0.25) is 0 Å². The zero-order valence-corrected chi connectivity index (χ0v) is 16.8. The fourth-order valence-electron chi connectivity index (χ4n) is 4.43. The predicted molar refractivity (Wildman–Crippen MR) is 105 cm³/mol. The lowest BCUT2D eigenvalue weighted by atomic mass is 9.62. The van der Waals surface area contributed by atoms with Crippen molar-refractivity contribution in [1.82, 2.24) is 0 Å². The van der Waals surface area contributed by atoms with Gasteiger partial charge in [-0.05, 0) is 55.4 Å². The summed E-state index contributed by atoms with van der Waals surface area (Å²) in [5.74, 6) is 1.80. The molecule has 0 heterocycles. The number of Topliss-reactive ketones (excluding diaryl/α,β-unsaturated/α-hetero) is 1. The third-order valence-electron chi connectivity index (χ3n) is 5.91. The van der Waals surface area contributed by atoms with E-state index in [-0.39, 0.29) is 12.0 Å². The molecule has 1 aliphatic carbocycles. The van der Waals surface area contributed by atoms with Crippen LogP contribution in [0.3, 0.4) is 0 Å². The standard InChI is InChI=1S/C23H36O2/c1-6-25-22(18-10-8-7-9-11-18)13-12-21(24)20-16-23(4,5)15-14-19(20)17(2)3/h7-11,17,19-20,22H,6,12-16H2,1-5H3. The van der Waals surface area contributed by atoms with E-state index >= 15 is 0 Å². The molecule has 1 aliphatic rings. The van der Waals surface area contributed by atoms with E-state index in [0.717, 1.165) is 12.8 Å². The third-order valence-corrected chi connectivity index (χ3v) is 5.91. The van der Waals surface area contributed by atoms with Gasteiger partial charge in [0.1, 0.15) is 5.78 Å². The lowest BCUT2D eigenvalue weighted by Crippen LogP contribution is -2.37. The van der Waals surface area contributed by atoms with E-state index in [1.165, 1.54) is 18.4 Å². The molecule has 0 bridgehead atoms. The first-order valence-electron chi connectivity index (χ1n) is 10.0. The van der Waals surface area contributed by atoms with Gasteiger partial charge in [0, 0.05) is 18.9 Å². The average molecular weight is 345 g/mol. The molecule has 0 spiro atoms. The minimum absolute atomic E-state index is 0.0317. The highest BCUT2D eigenvalue weighted by Gasteiger charge is 2.39. The van der Waals surface area contributed by atoms with Gasteiger partial charge in [-0.25, -0.2) is 0 Å². The summed E-state index contributed by atoms with van der Waals surface area (Å²) in [6.07, 6.45) is 4.92. The van der Waals surface area contributed by atoms with Crippen LogP contribution in [-0.4, -0.2) is 12.4 Å².